The Balaban J connectivity index is 1.91. The van der Waals surface area contributed by atoms with Gasteiger partial charge in [0.05, 0.1) is 24.2 Å². The first-order valence-electron chi connectivity index (χ1n) is 9.04. The standard InChI is InChI=1S/C21H19ClN4O2/c1-2-11-28-21(27)17-18-20(25-16-6-4-3-5-15(16)24-18)26(19(17)23)12-13-7-9-14(22)10-8-13/h3-10H,2,11-12,23H2,1H3. The van der Waals surface area contributed by atoms with Crippen LogP contribution in [0.1, 0.15) is 29.3 Å². The van der Waals surface area contributed by atoms with Crippen LogP contribution in [0.15, 0.2) is 48.5 Å². The molecule has 28 heavy (non-hydrogen) atoms. The Bertz CT molecular complexity index is 1170. The molecule has 0 atom stereocenters. The van der Waals surface area contributed by atoms with Crippen molar-refractivity contribution in [2.75, 3.05) is 12.3 Å². The Labute approximate surface area is 166 Å². The molecule has 2 heterocycles. The summed E-state index contributed by atoms with van der Waals surface area (Å²) in [5.74, 6) is -0.190. The van der Waals surface area contributed by atoms with Crippen molar-refractivity contribution in [2.45, 2.75) is 19.9 Å². The van der Waals surface area contributed by atoms with Gasteiger partial charge in [-0.2, -0.15) is 0 Å². The van der Waals surface area contributed by atoms with Crippen molar-refractivity contribution in [1.29, 1.82) is 0 Å². The van der Waals surface area contributed by atoms with E-state index in [4.69, 9.17) is 27.1 Å². The van der Waals surface area contributed by atoms with Crippen LogP contribution in [0.5, 0.6) is 0 Å². The average Bonchev–Trinajstić information content (AvgIpc) is 2.97. The lowest BCUT2D eigenvalue weighted by molar-refractivity contribution is 0.0508. The summed E-state index contributed by atoms with van der Waals surface area (Å²) < 4.78 is 7.13. The Kier molecular flexibility index (Phi) is 4.88. The van der Waals surface area contributed by atoms with E-state index in [0.717, 1.165) is 17.5 Å². The molecular weight excluding hydrogens is 376 g/mol. The SMILES string of the molecule is CCCOC(=O)c1c(N)n(Cc2ccc(Cl)cc2)c2nc3ccccc3nc12. The summed E-state index contributed by atoms with van der Waals surface area (Å²) in [7, 11) is 0. The van der Waals surface area contributed by atoms with Gasteiger partial charge in [0.2, 0.25) is 0 Å². The van der Waals surface area contributed by atoms with Crippen molar-refractivity contribution in [3.8, 4) is 0 Å². The summed E-state index contributed by atoms with van der Waals surface area (Å²) in [6, 6.07) is 15.0. The van der Waals surface area contributed by atoms with Gasteiger partial charge in [-0.3, -0.25) is 0 Å². The van der Waals surface area contributed by atoms with Crippen molar-refractivity contribution in [3.63, 3.8) is 0 Å². The number of aromatic nitrogens is 3. The summed E-state index contributed by atoms with van der Waals surface area (Å²) in [5, 5.41) is 0.656. The van der Waals surface area contributed by atoms with Crippen LogP contribution < -0.4 is 5.73 Å². The maximum Gasteiger partial charge on any atom is 0.344 e. The lowest BCUT2D eigenvalue weighted by atomic mass is 10.2. The molecule has 0 saturated carbocycles. The second kappa shape index (κ2) is 7.48. The van der Waals surface area contributed by atoms with Crippen LogP contribution in [-0.4, -0.2) is 27.1 Å². The Hall–Kier alpha value is -3.12. The van der Waals surface area contributed by atoms with E-state index in [-0.39, 0.29) is 5.56 Å². The molecule has 0 fully saturated rings. The number of esters is 1. The third-order valence-electron chi connectivity index (χ3n) is 4.49. The van der Waals surface area contributed by atoms with Gasteiger partial charge in [-0.25, -0.2) is 14.8 Å². The maximum absolute atomic E-state index is 12.7. The minimum absolute atomic E-state index is 0.260. The highest BCUT2D eigenvalue weighted by Gasteiger charge is 2.25. The van der Waals surface area contributed by atoms with E-state index in [2.05, 4.69) is 4.98 Å². The third kappa shape index (κ3) is 3.27. The van der Waals surface area contributed by atoms with Gasteiger partial charge in [0, 0.05) is 5.02 Å². The van der Waals surface area contributed by atoms with Crippen molar-refractivity contribution >= 4 is 45.6 Å². The van der Waals surface area contributed by atoms with Crippen LogP contribution in [0.2, 0.25) is 5.02 Å². The van der Waals surface area contributed by atoms with E-state index in [9.17, 15) is 4.79 Å². The second-order valence-electron chi connectivity index (χ2n) is 6.49. The smallest absolute Gasteiger partial charge is 0.344 e. The van der Waals surface area contributed by atoms with Gasteiger partial charge in [0.15, 0.2) is 5.65 Å². The molecule has 2 N–H and O–H groups in total. The molecule has 6 nitrogen and oxygen atoms in total. The predicted molar refractivity (Wildman–Crippen MR) is 111 cm³/mol. The highest BCUT2D eigenvalue weighted by Crippen LogP contribution is 2.29. The number of carbonyl (C=O) groups excluding carboxylic acids is 1. The number of halogens is 1. The number of hydrogen-bond donors (Lipinski definition) is 1. The molecule has 0 aliphatic carbocycles. The molecule has 0 aliphatic heterocycles. The molecule has 0 spiro atoms. The number of ether oxygens (including phenoxy) is 1. The van der Waals surface area contributed by atoms with Crippen LogP contribution in [0, 0.1) is 0 Å². The number of nitrogens with two attached hydrogens (primary N) is 1. The first-order valence-corrected chi connectivity index (χ1v) is 9.42. The zero-order valence-electron chi connectivity index (χ0n) is 15.4. The maximum atomic E-state index is 12.7. The molecule has 0 aliphatic rings. The van der Waals surface area contributed by atoms with Gasteiger partial charge in [-0.05, 0) is 36.2 Å². The molecule has 2 aromatic carbocycles. The number of carbonyl (C=O) groups is 1. The molecule has 142 valence electrons. The van der Waals surface area contributed by atoms with E-state index >= 15 is 0 Å². The second-order valence-corrected chi connectivity index (χ2v) is 6.93. The molecule has 0 saturated heterocycles. The van der Waals surface area contributed by atoms with Gasteiger partial charge in [0.1, 0.15) is 16.9 Å². The number of rotatable bonds is 5. The fraction of sp³-hybridized carbons (Fsp3) is 0.190. The quantitative estimate of drug-likeness (QED) is 0.506. The normalized spacial score (nSPS) is 11.2. The third-order valence-corrected chi connectivity index (χ3v) is 4.74. The Morgan fingerprint density at radius 1 is 1.11 bits per heavy atom. The minimum Gasteiger partial charge on any atom is -0.462 e. The molecule has 4 aromatic rings. The van der Waals surface area contributed by atoms with Gasteiger partial charge >= 0.3 is 5.97 Å². The van der Waals surface area contributed by atoms with Crippen LogP contribution >= 0.6 is 11.6 Å². The van der Waals surface area contributed by atoms with Gasteiger partial charge in [-0.15, -0.1) is 0 Å². The van der Waals surface area contributed by atoms with Crippen LogP contribution in [0.3, 0.4) is 0 Å². The molecular formula is C21H19ClN4O2. The fourth-order valence-electron chi connectivity index (χ4n) is 3.12. The van der Waals surface area contributed by atoms with E-state index in [0.29, 0.717) is 40.7 Å². The number of anilines is 1. The molecule has 0 radical (unpaired) electrons. The number of nitrogens with zero attached hydrogens (tertiary/aromatic N) is 3. The van der Waals surface area contributed by atoms with E-state index in [1.54, 1.807) is 4.57 Å². The Morgan fingerprint density at radius 3 is 2.46 bits per heavy atom. The van der Waals surface area contributed by atoms with Gasteiger partial charge in [0.25, 0.3) is 0 Å². The van der Waals surface area contributed by atoms with Crippen LogP contribution in [0.4, 0.5) is 5.82 Å². The average molecular weight is 395 g/mol. The van der Waals surface area contributed by atoms with Crippen molar-refractivity contribution < 1.29 is 9.53 Å². The predicted octanol–water partition coefficient (Wildman–Crippen LogP) is 4.44. The summed E-state index contributed by atoms with van der Waals surface area (Å²) >= 11 is 5.99. The molecule has 0 amide bonds. The van der Waals surface area contributed by atoms with Crippen molar-refractivity contribution in [3.05, 3.63) is 64.7 Å². The Morgan fingerprint density at radius 2 is 1.79 bits per heavy atom. The van der Waals surface area contributed by atoms with Crippen LogP contribution in [0.25, 0.3) is 22.2 Å². The number of hydrogen-bond acceptors (Lipinski definition) is 5. The highest BCUT2D eigenvalue weighted by molar-refractivity contribution is 6.30. The first kappa shape index (κ1) is 18.3. The van der Waals surface area contributed by atoms with E-state index in [1.165, 1.54) is 0 Å². The zero-order valence-corrected chi connectivity index (χ0v) is 16.1. The van der Waals surface area contributed by atoms with Crippen molar-refractivity contribution in [2.24, 2.45) is 0 Å². The number of benzene rings is 2. The largest absolute Gasteiger partial charge is 0.462 e. The summed E-state index contributed by atoms with van der Waals surface area (Å²) in [6.07, 6.45) is 0.726. The van der Waals surface area contributed by atoms with Gasteiger partial charge < -0.3 is 15.0 Å². The minimum atomic E-state index is -0.483. The van der Waals surface area contributed by atoms with Crippen LogP contribution in [-0.2, 0) is 11.3 Å². The molecule has 0 unspecified atom stereocenters. The molecule has 0 bridgehead atoms. The van der Waals surface area contributed by atoms with E-state index < -0.39 is 5.97 Å². The summed E-state index contributed by atoms with van der Waals surface area (Å²) in [4.78, 5) is 22.1. The number of para-hydroxylation sites is 2. The van der Waals surface area contributed by atoms with E-state index in [1.807, 2.05) is 55.5 Å². The number of fused-ring (bicyclic) bond motifs is 2. The summed E-state index contributed by atoms with van der Waals surface area (Å²) in [5.41, 5.74) is 10.1. The summed E-state index contributed by atoms with van der Waals surface area (Å²) in [6.45, 7) is 2.70. The fourth-order valence-corrected chi connectivity index (χ4v) is 3.24. The molecule has 2 aromatic heterocycles. The van der Waals surface area contributed by atoms with Gasteiger partial charge in [-0.1, -0.05) is 42.8 Å². The lowest BCUT2D eigenvalue weighted by Crippen LogP contribution is -2.10. The number of nitrogen functional groups attached to an aromatic ring is 1. The topological polar surface area (TPSA) is 83.0 Å². The monoisotopic (exact) mass is 394 g/mol. The van der Waals surface area contributed by atoms with Crippen molar-refractivity contribution in [1.82, 2.24) is 14.5 Å². The first-order chi connectivity index (χ1) is 13.6. The zero-order chi connectivity index (χ0) is 19.7. The highest BCUT2D eigenvalue weighted by atomic mass is 35.5. The lowest BCUT2D eigenvalue weighted by Gasteiger charge is -2.08. The molecule has 7 heteroatoms. The molecule has 4 rings (SSSR count).